The smallest absolute Gasteiger partial charge is 0.135 e. The molecule has 110 valence electrons. The molecule has 0 spiro atoms. The Morgan fingerprint density at radius 1 is 1.35 bits per heavy atom. The molecule has 3 N–H and O–H groups in total. The third-order valence-electron chi connectivity index (χ3n) is 3.32. The van der Waals surface area contributed by atoms with Crippen molar-refractivity contribution < 1.29 is 5.11 Å². The van der Waals surface area contributed by atoms with Gasteiger partial charge in [-0.1, -0.05) is 13.8 Å². The van der Waals surface area contributed by atoms with Crippen molar-refractivity contribution in [3.05, 3.63) is 24.0 Å². The number of aliphatic hydroxyl groups is 1. The summed E-state index contributed by atoms with van der Waals surface area (Å²) in [6, 6.07) is 5.70. The van der Waals surface area contributed by atoms with Gasteiger partial charge in [0.05, 0.1) is 11.0 Å². The standard InChI is InChI=1S/C15H24N4O/c1-15(2,9-18(3)4)10-19-13-6-5-11(16)7-12(13)17-14(19)8-20/h5-7,20H,8-10,16H2,1-4H3. The van der Waals surface area contributed by atoms with Crippen LogP contribution in [0, 0.1) is 5.41 Å². The van der Waals surface area contributed by atoms with Gasteiger partial charge >= 0.3 is 0 Å². The number of anilines is 1. The summed E-state index contributed by atoms with van der Waals surface area (Å²) in [4.78, 5) is 6.65. The van der Waals surface area contributed by atoms with E-state index in [9.17, 15) is 5.11 Å². The van der Waals surface area contributed by atoms with Gasteiger partial charge in [-0.25, -0.2) is 4.98 Å². The van der Waals surface area contributed by atoms with Crippen LogP contribution in [0.5, 0.6) is 0 Å². The average molecular weight is 276 g/mol. The number of rotatable bonds is 5. The minimum atomic E-state index is -0.0629. The predicted molar refractivity (Wildman–Crippen MR) is 82.4 cm³/mol. The fraction of sp³-hybridized carbons (Fsp3) is 0.533. The molecule has 20 heavy (non-hydrogen) atoms. The van der Waals surface area contributed by atoms with E-state index < -0.39 is 0 Å². The first-order valence-electron chi connectivity index (χ1n) is 6.82. The lowest BCUT2D eigenvalue weighted by atomic mass is 9.92. The molecule has 0 unspecified atom stereocenters. The van der Waals surface area contributed by atoms with Crippen molar-refractivity contribution in [3.63, 3.8) is 0 Å². The predicted octanol–water partition coefficient (Wildman–Crippen LogP) is 1.70. The van der Waals surface area contributed by atoms with Crippen LogP contribution in [0.1, 0.15) is 19.7 Å². The van der Waals surface area contributed by atoms with Gasteiger partial charge in [0.25, 0.3) is 0 Å². The first kappa shape index (κ1) is 14.8. The monoisotopic (exact) mass is 276 g/mol. The van der Waals surface area contributed by atoms with E-state index >= 15 is 0 Å². The number of imidazole rings is 1. The Morgan fingerprint density at radius 3 is 2.65 bits per heavy atom. The summed E-state index contributed by atoms with van der Waals surface area (Å²) < 4.78 is 2.10. The Bertz CT molecular complexity index is 601. The van der Waals surface area contributed by atoms with Gasteiger partial charge in [0.15, 0.2) is 0 Å². The zero-order chi connectivity index (χ0) is 14.9. The lowest BCUT2D eigenvalue weighted by molar-refractivity contribution is 0.203. The SMILES string of the molecule is CN(C)CC(C)(C)Cn1c(CO)nc2cc(N)ccc21. The van der Waals surface area contributed by atoms with Gasteiger partial charge in [-0.05, 0) is 37.7 Å². The van der Waals surface area contributed by atoms with Crippen molar-refractivity contribution in [1.82, 2.24) is 14.5 Å². The number of benzene rings is 1. The van der Waals surface area contributed by atoms with E-state index in [0.717, 1.165) is 24.1 Å². The van der Waals surface area contributed by atoms with E-state index in [1.165, 1.54) is 0 Å². The molecule has 5 nitrogen and oxygen atoms in total. The Morgan fingerprint density at radius 2 is 2.05 bits per heavy atom. The highest BCUT2D eigenvalue weighted by Crippen LogP contribution is 2.25. The molecule has 0 saturated carbocycles. The minimum Gasteiger partial charge on any atom is -0.399 e. The molecule has 0 aliphatic carbocycles. The van der Waals surface area contributed by atoms with Crippen LogP contribution in [-0.4, -0.2) is 40.2 Å². The zero-order valence-electron chi connectivity index (χ0n) is 12.7. The summed E-state index contributed by atoms with van der Waals surface area (Å²) in [5.74, 6) is 0.692. The molecule has 0 saturated heterocycles. The normalized spacial score (nSPS) is 12.5. The summed E-state index contributed by atoms with van der Waals surface area (Å²) in [5.41, 5.74) is 8.44. The molecule has 0 fully saturated rings. The molecule has 1 aromatic heterocycles. The second-order valence-corrected chi connectivity index (χ2v) is 6.42. The maximum atomic E-state index is 9.54. The van der Waals surface area contributed by atoms with Crippen LogP contribution >= 0.6 is 0 Å². The largest absolute Gasteiger partial charge is 0.399 e. The molecule has 0 atom stereocenters. The highest BCUT2D eigenvalue weighted by molar-refractivity contribution is 5.79. The van der Waals surface area contributed by atoms with Crippen molar-refractivity contribution in [2.45, 2.75) is 27.0 Å². The van der Waals surface area contributed by atoms with Crippen LogP contribution < -0.4 is 5.73 Å². The summed E-state index contributed by atoms with van der Waals surface area (Å²) in [6.07, 6.45) is 0. The van der Waals surface area contributed by atoms with Gasteiger partial charge in [-0.3, -0.25) is 0 Å². The van der Waals surface area contributed by atoms with Gasteiger partial charge in [0.2, 0.25) is 0 Å². The molecule has 0 amide bonds. The van der Waals surface area contributed by atoms with E-state index in [2.05, 4.69) is 42.4 Å². The third kappa shape index (κ3) is 3.11. The van der Waals surface area contributed by atoms with Crippen LogP contribution in [0.2, 0.25) is 0 Å². The van der Waals surface area contributed by atoms with Gasteiger partial charge in [-0.15, -0.1) is 0 Å². The van der Waals surface area contributed by atoms with Crippen molar-refractivity contribution in [2.75, 3.05) is 26.4 Å². The molecule has 0 radical (unpaired) electrons. The zero-order valence-corrected chi connectivity index (χ0v) is 12.7. The van der Waals surface area contributed by atoms with Crippen molar-refractivity contribution in [3.8, 4) is 0 Å². The molecule has 1 heterocycles. The third-order valence-corrected chi connectivity index (χ3v) is 3.32. The molecule has 0 bridgehead atoms. The van der Waals surface area contributed by atoms with Crippen LogP contribution in [0.25, 0.3) is 11.0 Å². The lowest BCUT2D eigenvalue weighted by Gasteiger charge is -2.29. The van der Waals surface area contributed by atoms with E-state index in [0.29, 0.717) is 11.5 Å². The fourth-order valence-electron chi connectivity index (χ4n) is 2.83. The highest BCUT2D eigenvalue weighted by atomic mass is 16.3. The van der Waals surface area contributed by atoms with Gasteiger partial charge in [0, 0.05) is 18.8 Å². The highest BCUT2D eigenvalue weighted by Gasteiger charge is 2.22. The first-order valence-corrected chi connectivity index (χ1v) is 6.82. The number of nitrogens with two attached hydrogens (primary N) is 1. The summed E-state index contributed by atoms with van der Waals surface area (Å²) >= 11 is 0. The summed E-state index contributed by atoms with van der Waals surface area (Å²) in [7, 11) is 4.14. The van der Waals surface area contributed by atoms with Gasteiger partial charge < -0.3 is 20.3 Å². The quantitative estimate of drug-likeness (QED) is 0.816. The number of hydrogen-bond acceptors (Lipinski definition) is 4. The number of hydrogen-bond donors (Lipinski definition) is 2. The molecule has 0 aliphatic rings. The van der Waals surface area contributed by atoms with Gasteiger partial charge in [-0.2, -0.15) is 0 Å². The van der Waals surface area contributed by atoms with E-state index in [1.807, 2.05) is 18.2 Å². The number of nitrogen functional groups attached to an aromatic ring is 1. The van der Waals surface area contributed by atoms with Crippen molar-refractivity contribution >= 4 is 16.7 Å². The first-order chi connectivity index (χ1) is 9.32. The van der Waals surface area contributed by atoms with Crippen LogP contribution in [-0.2, 0) is 13.2 Å². The summed E-state index contributed by atoms with van der Waals surface area (Å²) in [5, 5.41) is 9.54. The van der Waals surface area contributed by atoms with Crippen LogP contribution in [0.4, 0.5) is 5.69 Å². The number of nitrogens with zero attached hydrogens (tertiary/aromatic N) is 3. The molecule has 2 rings (SSSR count). The lowest BCUT2D eigenvalue weighted by Crippen LogP contribution is -2.32. The van der Waals surface area contributed by atoms with Gasteiger partial charge in [0.1, 0.15) is 12.4 Å². The van der Waals surface area contributed by atoms with Crippen molar-refractivity contribution in [1.29, 1.82) is 0 Å². The number of aromatic nitrogens is 2. The minimum absolute atomic E-state index is 0.0629. The Labute approximate surface area is 120 Å². The molecular weight excluding hydrogens is 252 g/mol. The fourth-order valence-corrected chi connectivity index (χ4v) is 2.83. The Kier molecular flexibility index (Phi) is 4.01. The molecule has 0 aliphatic heterocycles. The van der Waals surface area contributed by atoms with E-state index in [-0.39, 0.29) is 12.0 Å². The van der Waals surface area contributed by atoms with E-state index in [4.69, 9.17) is 5.73 Å². The van der Waals surface area contributed by atoms with Crippen LogP contribution in [0.3, 0.4) is 0 Å². The second-order valence-electron chi connectivity index (χ2n) is 6.42. The number of fused-ring (bicyclic) bond motifs is 1. The summed E-state index contributed by atoms with van der Waals surface area (Å²) in [6.45, 7) is 6.15. The maximum absolute atomic E-state index is 9.54. The molecule has 5 heteroatoms. The topological polar surface area (TPSA) is 67.3 Å². The van der Waals surface area contributed by atoms with Crippen molar-refractivity contribution in [2.24, 2.45) is 5.41 Å². The maximum Gasteiger partial charge on any atom is 0.135 e. The second kappa shape index (κ2) is 5.42. The number of aliphatic hydroxyl groups excluding tert-OH is 1. The molecular formula is C15H24N4O. The van der Waals surface area contributed by atoms with Crippen LogP contribution in [0.15, 0.2) is 18.2 Å². The van der Waals surface area contributed by atoms with E-state index in [1.54, 1.807) is 0 Å². The molecule has 1 aromatic carbocycles. The molecule has 2 aromatic rings. The Balaban J connectivity index is 2.42. The average Bonchev–Trinajstić information content (AvgIpc) is 2.64. The Hall–Kier alpha value is -1.59.